The summed E-state index contributed by atoms with van der Waals surface area (Å²) >= 11 is 7.63. The van der Waals surface area contributed by atoms with Crippen LogP contribution in [0.5, 0.6) is 0 Å². The molecule has 3 rings (SSSR count). The Morgan fingerprint density at radius 2 is 1.93 bits per heavy atom. The number of esters is 1. The molecule has 3 aromatic rings. The zero-order chi connectivity index (χ0) is 20.1. The van der Waals surface area contributed by atoms with Crippen molar-refractivity contribution in [1.82, 2.24) is 4.98 Å². The van der Waals surface area contributed by atoms with Crippen molar-refractivity contribution in [1.29, 1.82) is 0 Å². The summed E-state index contributed by atoms with van der Waals surface area (Å²) in [4.78, 5) is 28.6. The topological polar surface area (TPSA) is 68.3 Å². The molecule has 0 unspecified atom stereocenters. The quantitative estimate of drug-likeness (QED) is 0.588. The van der Waals surface area contributed by atoms with Crippen molar-refractivity contribution in [2.24, 2.45) is 0 Å². The predicted molar refractivity (Wildman–Crippen MR) is 112 cm³/mol. The number of aryl methyl sites for hydroxylation is 2. The van der Waals surface area contributed by atoms with Gasteiger partial charge < -0.3 is 10.1 Å². The molecule has 0 aliphatic rings. The van der Waals surface area contributed by atoms with Crippen molar-refractivity contribution >= 4 is 40.5 Å². The van der Waals surface area contributed by atoms with Gasteiger partial charge in [0.25, 0.3) is 5.91 Å². The van der Waals surface area contributed by atoms with Gasteiger partial charge in [-0.2, -0.15) is 0 Å². The molecule has 144 valence electrons. The van der Waals surface area contributed by atoms with E-state index in [4.69, 9.17) is 16.3 Å². The summed E-state index contributed by atoms with van der Waals surface area (Å²) in [6.45, 7) is 3.40. The van der Waals surface area contributed by atoms with Crippen molar-refractivity contribution in [3.63, 3.8) is 0 Å². The van der Waals surface area contributed by atoms with Crippen LogP contribution in [-0.2, 0) is 20.7 Å². The average Bonchev–Trinajstić information content (AvgIpc) is 3.12. The van der Waals surface area contributed by atoms with Crippen LogP contribution in [-0.4, -0.2) is 23.5 Å². The van der Waals surface area contributed by atoms with Gasteiger partial charge in [-0.05, 0) is 31.0 Å². The van der Waals surface area contributed by atoms with Gasteiger partial charge in [-0.1, -0.05) is 48.0 Å². The lowest BCUT2D eigenvalue weighted by Crippen LogP contribution is -2.22. The summed E-state index contributed by atoms with van der Waals surface area (Å²) in [6, 6.07) is 13.4. The normalized spacial score (nSPS) is 10.5. The number of carbonyl (C=O) groups is 2. The summed E-state index contributed by atoms with van der Waals surface area (Å²) in [5.74, 6) is -0.947. The highest BCUT2D eigenvalue weighted by molar-refractivity contribution is 7.13. The smallest absolute Gasteiger partial charge is 0.312 e. The third-order valence-electron chi connectivity index (χ3n) is 3.96. The zero-order valence-corrected chi connectivity index (χ0v) is 17.1. The fourth-order valence-corrected chi connectivity index (χ4v) is 3.89. The molecule has 0 radical (unpaired) electrons. The Morgan fingerprint density at radius 3 is 2.64 bits per heavy atom. The molecule has 0 saturated carbocycles. The summed E-state index contributed by atoms with van der Waals surface area (Å²) in [5.41, 5.74) is 3.99. The van der Waals surface area contributed by atoms with Gasteiger partial charge in [0.15, 0.2) is 6.61 Å². The number of rotatable bonds is 6. The van der Waals surface area contributed by atoms with Crippen LogP contribution in [0.3, 0.4) is 0 Å². The average molecular weight is 415 g/mol. The predicted octanol–water partition coefficient (Wildman–Crippen LogP) is 4.80. The van der Waals surface area contributed by atoms with E-state index in [1.54, 1.807) is 6.07 Å². The number of benzene rings is 2. The molecule has 0 bridgehead atoms. The molecule has 0 atom stereocenters. The van der Waals surface area contributed by atoms with Gasteiger partial charge in [0.05, 0.1) is 22.8 Å². The maximum atomic E-state index is 12.1. The van der Waals surface area contributed by atoms with Crippen molar-refractivity contribution in [3.8, 4) is 10.6 Å². The molecular weight excluding hydrogens is 396 g/mol. The third-order valence-corrected chi connectivity index (χ3v) is 5.20. The summed E-state index contributed by atoms with van der Waals surface area (Å²) in [5, 5.41) is 5.80. The van der Waals surface area contributed by atoms with Gasteiger partial charge in [-0.3, -0.25) is 9.59 Å². The molecule has 0 fully saturated rings. The standard InChI is InChI=1S/C21H19ClN2O3S/c1-13-8-14(2)20(17(22)9-13)24-18(25)11-27-19(26)10-16-12-28-21(23-16)15-6-4-3-5-7-15/h3-9,12H,10-11H2,1-2H3,(H,24,25). The third kappa shape index (κ3) is 5.18. The summed E-state index contributed by atoms with van der Waals surface area (Å²) < 4.78 is 5.07. The van der Waals surface area contributed by atoms with E-state index >= 15 is 0 Å². The van der Waals surface area contributed by atoms with Gasteiger partial charge in [0.2, 0.25) is 0 Å². The van der Waals surface area contributed by atoms with E-state index in [9.17, 15) is 9.59 Å². The molecule has 7 heteroatoms. The second-order valence-corrected chi connectivity index (χ2v) is 7.60. The molecule has 1 aromatic heterocycles. The minimum Gasteiger partial charge on any atom is -0.455 e. The van der Waals surface area contributed by atoms with Crippen LogP contribution >= 0.6 is 22.9 Å². The Balaban J connectivity index is 1.52. The Hall–Kier alpha value is -2.70. The number of carbonyl (C=O) groups excluding carboxylic acids is 2. The van der Waals surface area contributed by atoms with E-state index < -0.39 is 11.9 Å². The lowest BCUT2D eigenvalue weighted by atomic mass is 10.1. The van der Waals surface area contributed by atoms with Crippen LogP contribution in [0.15, 0.2) is 47.8 Å². The van der Waals surface area contributed by atoms with Crippen LogP contribution < -0.4 is 5.32 Å². The second kappa shape index (κ2) is 8.99. The van der Waals surface area contributed by atoms with E-state index in [1.165, 1.54) is 11.3 Å². The number of hydrogen-bond donors (Lipinski definition) is 1. The first-order chi connectivity index (χ1) is 13.4. The largest absolute Gasteiger partial charge is 0.455 e. The van der Waals surface area contributed by atoms with Gasteiger partial charge in [0.1, 0.15) is 5.01 Å². The summed E-state index contributed by atoms with van der Waals surface area (Å²) in [6.07, 6.45) is 0.0148. The van der Waals surface area contributed by atoms with E-state index in [1.807, 2.05) is 55.6 Å². The first kappa shape index (κ1) is 20.0. The maximum Gasteiger partial charge on any atom is 0.312 e. The number of ether oxygens (including phenoxy) is 1. The minimum absolute atomic E-state index is 0.0148. The first-order valence-electron chi connectivity index (χ1n) is 8.64. The fraction of sp³-hybridized carbons (Fsp3) is 0.190. The Morgan fingerprint density at radius 1 is 1.18 bits per heavy atom. The van der Waals surface area contributed by atoms with Gasteiger partial charge in [-0.25, -0.2) is 4.98 Å². The number of halogens is 1. The molecule has 28 heavy (non-hydrogen) atoms. The van der Waals surface area contributed by atoms with E-state index in [0.29, 0.717) is 16.4 Å². The van der Waals surface area contributed by atoms with E-state index in [2.05, 4.69) is 10.3 Å². The number of nitrogens with zero attached hydrogens (tertiary/aromatic N) is 1. The number of thiazole rings is 1. The highest BCUT2D eigenvalue weighted by atomic mass is 35.5. The van der Waals surface area contributed by atoms with Crippen molar-refractivity contribution < 1.29 is 14.3 Å². The second-order valence-electron chi connectivity index (χ2n) is 6.33. The van der Waals surface area contributed by atoms with Gasteiger partial charge in [0, 0.05) is 10.9 Å². The van der Waals surface area contributed by atoms with Crippen LogP contribution in [0, 0.1) is 13.8 Å². The fourth-order valence-electron chi connectivity index (χ4n) is 2.70. The molecule has 2 aromatic carbocycles. The highest BCUT2D eigenvalue weighted by Gasteiger charge is 2.14. The number of nitrogens with one attached hydrogen (secondary N) is 1. The number of hydrogen-bond acceptors (Lipinski definition) is 5. The van der Waals surface area contributed by atoms with Gasteiger partial charge in [-0.15, -0.1) is 11.3 Å². The maximum absolute atomic E-state index is 12.1. The monoisotopic (exact) mass is 414 g/mol. The SMILES string of the molecule is Cc1cc(C)c(NC(=O)COC(=O)Cc2csc(-c3ccccc3)n2)c(Cl)c1. The van der Waals surface area contributed by atoms with Crippen molar-refractivity contribution in [2.75, 3.05) is 11.9 Å². The van der Waals surface area contributed by atoms with Gasteiger partial charge >= 0.3 is 5.97 Å². The Kier molecular flexibility index (Phi) is 6.44. The molecule has 0 aliphatic carbocycles. The molecule has 1 N–H and O–H groups in total. The molecule has 0 spiro atoms. The number of aromatic nitrogens is 1. The van der Waals surface area contributed by atoms with Crippen molar-refractivity contribution in [2.45, 2.75) is 20.3 Å². The molecule has 0 saturated heterocycles. The van der Waals surface area contributed by atoms with Crippen LogP contribution in [0.4, 0.5) is 5.69 Å². The molecular formula is C21H19ClN2O3S. The lowest BCUT2D eigenvalue weighted by molar-refractivity contribution is -0.146. The van der Waals surface area contributed by atoms with Crippen LogP contribution in [0.2, 0.25) is 5.02 Å². The molecule has 1 amide bonds. The lowest BCUT2D eigenvalue weighted by Gasteiger charge is -2.11. The van der Waals surface area contributed by atoms with E-state index in [-0.39, 0.29) is 13.0 Å². The molecule has 1 heterocycles. The highest BCUT2D eigenvalue weighted by Crippen LogP contribution is 2.27. The number of anilines is 1. The van der Waals surface area contributed by atoms with Crippen molar-refractivity contribution in [3.05, 3.63) is 69.7 Å². The number of amides is 1. The van der Waals surface area contributed by atoms with Crippen LogP contribution in [0.1, 0.15) is 16.8 Å². The molecule has 0 aliphatic heterocycles. The first-order valence-corrected chi connectivity index (χ1v) is 9.90. The minimum atomic E-state index is -0.508. The molecule has 5 nitrogen and oxygen atoms in total. The van der Waals surface area contributed by atoms with E-state index in [0.717, 1.165) is 21.7 Å². The zero-order valence-electron chi connectivity index (χ0n) is 15.5. The Labute approximate surface area is 172 Å². The summed E-state index contributed by atoms with van der Waals surface area (Å²) in [7, 11) is 0. The van der Waals surface area contributed by atoms with Crippen LogP contribution in [0.25, 0.3) is 10.6 Å². The Bertz CT molecular complexity index is 979.